The Labute approximate surface area is 163 Å². The number of H-pyrrole nitrogens is 1. The van der Waals surface area contributed by atoms with Gasteiger partial charge in [-0.2, -0.15) is 0 Å². The van der Waals surface area contributed by atoms with Crippen molar-refractivity contribution in [3.8, 4) is 17.2 Å². The number of methoxy groups -OCH3 is 3. The summed E-state index contributed by atoms with van der Waals surface area (Å²) in [4.78, 5) is 29.7. The first kappa shape index (κ1) is 19.5. The van der Waals surface area contributed by atoms with E-state index in [-0.39, 0.29) is 16.8 Å². The van der Waals surface area contributed by atoms with E-state index >= 15 is 0 Å². The summed E-state index contributed by atoms with van der Waals surface area (Å²) in [6, 6.07) is 10.1. The third-order valence-electron chi connectivity index (χ3n) is 4.66. The van der Waals surface area contributed by atoms with Crippen molar-refractivity contribution >= 4 is 16.7 Å². The molecule has 6 nitrogen and oxygen atoms in total. The highest BCUT2D eigenvalue weighted by atomic mass is 16.5. The lowest BCUT2D eigenvalue weighted by molar-refractivity contribution is 0.103. The average molecular weight is 381 g/mol. The molecule has 0 bridgehead atoms. The summed E-state index contributed by atoms with van der Waals surface area (Å²) in [5, 5.41) is 0.384. The topological polar surface area (TPSA) is 77.6 Å². The Kier molecular flexibility index (Phi) is 5.68. The Hall–Kier alpha value is -3.28. The number of pyridine rings is 1. The molecule has 0 radical (unpaired) electrons. The molecule has 0 saturated carbocycles. The summed E-state index contributed by atoms with van der Waals surface area (Å²) in [5.74, 6) is 1.28. The third-order valence-corrected chi connectivity index (χ3v) is 4.66. The monoisotopic (exact) mass is 381 g/mol. The van der Waals surface area contributed by atoms with Gasteiger partial charge in [0.2, 0.25) is 5.43 Å². The van der Waals surface area contributed by atoms with Crippen LogP contribution < -0.4 is 19.6 Å². The number of carbonyl (C=O) groups excluding carboxylic acids is 1. The number of aryl methyl sites for hydroxylation is 1. The van der Waals surface area contributed by atoms with Gasteiger partial charge in [-0.3, -0.25) is 9.59 Å². The van der Waals surface area contributed by atoms with Crippen molar-refractivity contribution in [2.24, 2.45) is 0 Å². The van der Waals surface area contributed by atoms with Gasteiger partial charge in [-0.1, -0.05) is 13.3 Å². The predicted molar refractivity (Wildman–Crippen MR) is 108 cm³/mol. The maximum Gasteiger partial charge on any atom is 0.200 e. The molecule has 146 valence electrons. The number of nitrogens with one attached hydrogen (secondary N) is 1. The minimum Gasteiger partial charge on any atom is -0.497 e. The van der Waals surface area contributed by atoms with Gasteiger partial charge in [-0.25, -0.2) is 0 Å². The number of rotatable bonds is 7. The first-order valence-corrected chi connectivity index (χ1v) is 9.03. The quantitative estimate of drug-likeness (QED) is 0.631. The van der Waals surface area contributed by atoms with Gasteiger partial charge in [0.1, 0.15) is 5.75 Å². The van der Waals surface area contributed by atoms with Crippen molar-refractivity contribution in [1.82, 2.24) is 4.98 Å². The van der Waals surface area contributed by atoms with Crippen LogP contribution >= 0.6 is 0 Å². The van der Waals surface area contributed by atoms with E-state index in [4.69, 9.17) is 14.2 Å². The number of hydrogen-bond donors (Lipinski definition) is 1. The van der Waals surface area contributed by atoms with Crippen LogP contribution in [0.25, 0.3) is 10.9 Å². The SMILES string of the molecule is CCCc1[nH]c2cc(OC)c(OC)cc2c(=O)c1C(=O)c1ccc(OC)cc1. The fourth-order valence-corrected chi connectivity index (χ4v) is 3.23. The molecule has 3 aromatic rings. The lowest BCUT2D eigenvalue weighted by Crippen LogP contribution is -2.21. The van der Waals surface area contributed by atoms with Crippen LogP contribution in [0.15, 0.2) is 41.2 Å². The van der Waals surface area contributed by atoms with Gasteiger partial charge in [0.25, 0.3) is 0 Å². The molecule has 1 N–H and O–H groups in total. The molecule has 3 rings (SSSR count). The van der Waals surface area contributed by atoms with Crippen molar-refractivity contribution < 1.29 is 19.0 Å². The largest absolute Gasteiger partial charge is 0.497 e. The lowest BCUT2D eigenvalue weighted by atomic mass is 9.97. The summed E-state index contributed by atoms with van der Waals surface area (Å²) in [7, 11) is 4.61. The van der Waals surface area contributed by atoms with E-state index in [1.807, 2.05) is 6.92 Å². The van der Waals surface area contributed by atoms with Crippen LogP contribution in [0.2, 0.25) is 0 Å². The molecule has 0 aliphatic heterocycles. The van der Waals surface area contributed by atoms with Crippen LogP contribution in [-0.4, -0.2) is 32.1 Å². The maximum absolute atomic E-state index is 13.3. The van der Waals surface area contributed by atoms with Crippen LogP contribution in [0.5, 0.6) is 17.2 Å². The van der Waals surface area contributed by atoms with Crippen molar-refractivity contribution in [3.05, 3.63) is 63.4 Å². The van der Waals surface area contributed by atoms with Crippen LogP contribution in [-0.2, 0) is 6.42 Å². The normalized spacial score (nSPS) is 10.7. The molecule has 0 amide bonds. The fraction of sp³-hybridized carbons (Fsp3) is 0.273. The van der Waals surface area contributed by atoms with Crippen LogP contribution in [0.4, 0.5) is 0 Å². The van der Waals surface area contributed by atoms with Gasteiger partial charge < -0.3 is 19.2 Å². The lowest BCUT2D eigenvalue weighted by Gasteiger charge is -2.13. The second-order valence-corrected chi connectivity index (χ2v) is 6.37. The smallest absolute Gasteiger partial charge is 0.200 e. The van der Waals surface area contributed by atoms with Crippen LogP contribution in [0, 0.1) is 0 Å². The number of carbonyl (C=O) groups is 1. The fourth-order valence-electron chi connectivity index (χ4n) is 3.23. The van der Waals surface area contributed by atoms with Crippen molar-refractivity contribution in [2.45, 2.75) is 19.8 Å². The Morgan fingerprint density at radius 3 is 2.18 bits per heavy atom. The molecule has 6 heteroatoms. The van der Waals surface area contributed by atoms with Gasteiger partial charge in [0.15, 0.2) is 17.3 Å². The van der Waals surface area contributed by atoms with Crippen LogP contribution in [0.1, 0.15) is 35.0 Å². The molecule has 0 atom stereocenters. The highest BCUT2D eigenvalue weighted by Gasteiger charge is 2.21. The number of hydrogen-bond acceptors (Lipinski definition) is 5. The number of aromatic amines is 1. The second kappa shape index (κ2) is 8.17. The molecule has 2 aromatic carbocycles. The summed E-state index contributed by atoms with van der Waals surface area (Å²) in [5.41, 5.74) is 1.50. The summed E-state index contributed by atoms with van der Waals surface area (Å²) in [6.07, 6.45) is 1.37. The van der Waals surface area contributed by atoms with Crippen LogP contribution in [0.3, 0.4) is 0 Å². The standard InChI is InChI=1S/C22H23NO5/c1-5-6-16-20(21(24)13-7-9-14(26-2)10-8-13)22(25)15-11-18(27-3)19(28-4)12-17(15)23-16/h7-12H,5-6H2,1-4H3,(H,23,25). The van der Waals surface area contributed by atoms with Gasteiger partial charge in [-0.15, -0.1) is 0 Å². The van der Waals surface area contributed by atoms with E-state index in [1.165, 1.54) is 14.2 Å². The molecule has 0 fully saturated rings. The highest BCUT2D eigenvalue weighted by molar-refractivity contribution is 6.11. The van der Waals surface area contributed by atoms with E-state index in [0.717, 1.165) is 6.42 Å². The molecular weight excluding hydrogens is 358 g/mol. The minimum absolute atomic E-state index is 0.159. The predicted octanol–water partition coefficient (Wildman–Crippen LogP) is 3.74. The molecule has 1 heterocycles. The van der Waals surface area contributed by atoms with Crippen molar-refractivity contribution in [3.63, 3.8) is 0 Å². The first-order valence-electron chi connectivity index (χ1n) is 9.03. The Morgan fingerprint density at radius 2 is 1.61 bits per heavy atom. The van der Waals surface area contributed by atoms with Gasteiger partial charge in [-0.05, 0) is 36.8 Å². The van der Waals surface area contributed by atoms with E-state index < -0.39 is 0 Å². The third kappa shape index (κ3) is 3.45. The van der Waals surface area contributed by atoms with Gasteiger partial charge in [0.05, 0.1) is 37.8 Å². The van der Waals surface area contributed by atoms with E-state index in [9.17, 15) is 9.59 Å². The molecule has 0 spiro atoms. The number of benzene rings is 2. The van der Waals surface area contributed by atoms with E-state index in [2.05, 4.69) is 4.98 Å². The highest BCUT2D eigenvalue weighted by Crippen LogP contribution is 2.31. The molecule has 0 unspecified atom stereocenters. The second-order valence-electron chi connectivity index (χ2n) is 6.37. The van der Waals surface area contributed by atoms with Crippen molar-refractivity contribution in [2.75, 3.05) is 21.3 Å². The molecular formula is C22H23NO5. The Bertz CT molecular complexity index is 1070. The zero-order chi connectivity index (χ0) is 20.3. The number of fused-ring (bicyclic) bond motifs is 1. The van der Waals surface area contributed by atoms with Gasteiger partial charge in [0, 0.05) is 17.3 Å². The summed E-state index contributed by atoms with van der Waals surface area (Å²) in [6.45, 7) is 2.00. The molecule has 0 saturated heterocycles. The number of ether oxygens (including phenoxy) is 3. The molecule has 1 aromatic heterocycles. The Balaban J connectivity index is 2.24. The van der Waals surface area contributed by atoms with Crippen molar-refractivity contribution in [1.29, 1.82) is 0 Å². The number of ketones is 1. The van der Waals surface area contributed by atoms with Gasteiger partial charge >= 0.3 is 0 Å². The molecule has 0 aliphatic rings. The van der Waals surface area contributed by atoms with E-state index in [1.54, 1.807) is 43.5 Å². The Morgan fingerprint density at radius 1 is 0.964 bits per heavy atom. The average Bonchev–Trinajstić information content (AvgIpc) is 2.73. The first-order chi connectivity index (χ1) is 13.5. The zero-order valence-corrected chi connectivity index (χ0v) is 16.4. The zero-order valence-electron chi connectivity index (χ0n) is 16.4. The summed E-state index contributed by atoms with van der Waals surface area (Å²) >= 11 is 0. The minimum atomic E-state index is -0.320. The maximum atomic E-state index is 13.3. The molecule has 0 aliphatic carbocycles. The number of aromatic nitrogens is 1. The molecule has 28 heavy (non-hydrogen) atoms. The summed E-state index contributed by atoms with van der Waals surface area (Å²) < 4.78 is 15.8. The van der Waals surface area contributed by atoms with E-state index in [0.29, 0.717) is 45.8 Å².